The van der Waals surface area contributed by atoms with Crippen molar-refractivity contribution in [2.24, 2.45) is 0 Å². The molecule has 0 amide bonds. The van der Waals surface area contributed by atoms with E-state index in [0.29, 0.717) is 5.95 Å². The molecule has 0 saturated heterocycles. The molecule has 0 unspecified atom stereocenters. The van der Waals surface area contributed by atoms with Gasteiger partial charge in [-0.2, -0.15) is 0 Å². The summed E-state index contributed by atoms with van der Waals surface area (Å²) in [6.07, 6.45) is 0. The molecular formula is C66H38N4. The Morgan fingerprint density at radius 3 is 1.50 bits per heavy atom. The van der Waals surface area contributed by atoms with E-state index in [1.54, 1.807) is 0 Å². The van der Waals surface area contributed by atoms with Gasteiger partial charge in [0, 0.05) is 38.2 Å². The van der Waals surface area contributed by atoms with Gasteiger partial charge in [-0.05, 0) is 118 Å². The lowest BCUT2D eigenvalue weighted by Crippen LogP contribution is -2.03. The van der Waals surface area contributed by atoms with Crippen LogP contribution in [0.1, 0.15) is 0 Å². The topological polar surface area (TPSA) is 35.6 Å². The number of nitrogens with zero attached hydrogens (tertiary/aromatic N) is 4. The number of benzene rings is 13. The summed E-state index contributed by atoms with van der Waals surface area (Å²) in [5, 5.41) is 20.9. The zero-order valence-electron chi connectivity index (χ0n) is 37.7. The van der Waals surface area contributed by atoms with E-state index in [0.717, 1.165) is 38.9 Å². The molecule has 70 heavy (non-hydrogen) atoms. The second-order valence-corrected chi connectivity index (χ2v) is 18.8. The van der Waals surface area contributed by atoms with E-state index in [-0.39, 0.29) is 0 Å². The highest BCUT2D eigenvalue weighted by Crippen LogP contribution is 2.49. The summed E-state index contributed by atoms with van der Waals surface area (Å²) in [7, 11) is 0. The van der Waals surface area contributed by atoms with Gasteiger partial charge in [0.1, 0.15) is 0 Å². The lowest BCUT2D eigenvalue weighted by molar-refractivity contribution is 1.01. The minimum absolute atomic E-state index is 0.647. The third kappa shape index (κ3) is 5.14. The van der Waals surface area contributed by atoms with Crippen molar-refractivity contribution in [3.05, 3.63) is 231 Å². The standard InChI is InChI=1S/C66H38N4/c1-2-16-43-36-44(35-34-39(43)14-1)69-57-28-9-6-20-50(57)63-52-25-12-23-47-48-24-13-26-53-62(48)55(54(61(47)52)37-59(63)69)38-60-64(53)51-21-7-10-29-58(51)70(60)66-67-56-27-8-5-19-49(56)65(68-66)42-32-30-41(31-33-42)46-22-11-17-40-15-3-4-18-45(40)46/h1-38H. The van der Waals surface area contributed by atoms with Crippen LogP contribution in [-0.2, 0) is 0 Å². The number of rotatable bonds is 4. The van der Waals surface area contributed by atoms with Gasteiger partial charge in [0.25, 0.3) is 0 Å². The van der Waals surface area contributed by atoms with E-state index in [1.807, 2.05) is 0 Å². The van der Waals surface area contributed by atoms with Crippen LogP contribution in [0.25, 0.3) is 153 Å². The quantitative estimate of drug-likeness (QED) is 0.130. The van der Waals surface area contributed by atoms with Gasteiger partial charge < -0.3 is 4.57 Å². The lowest BCUT2D eigenvalue weighted by Gasteiger charge is -2.17. The summed E-state index contributed by atoms with van der Waals surface area (Å²) >= 11 is 0. The van der Waals surface area contributed by atoms with Gasteiger partial charge in [-0.25, -0.2) is 9.97 Å². The number of fused-ring (bicyclic) bond motifs is 13. The van der Waals surface area contributed by atoms with Crippen LogP contribution in [0, 0.1) is 0 Å². The largest absolute Gasteiger partial charge is 0.309 e. The molecule has 0 spiro atoms. The molecule has 0 aliphatic carbocycles. The smallest absolute Gasteiger partial charge is 0.235 e. The van der Waals surface area contributed by atoms with Crippen molar-refractivity contribution in [3.63, 3.8) is 0 Å². The zero-order chi connectivity index (χ0) is 45.6. The summed E-state index contributed by atoms with van der Waals surface area (Å²) < 4.78 is 4.79. The Hall–Kier alpha value is -9.38. The molecule has 4 heteroatoms. The molecule has 16 rings (SSSR count). The Morgan fingerprint density at radius 2 is 0.786 bits per heavy atom. The molecule has 0 aliphatic rings. The van der Waals surface area contributed by atoms with Crippen molar-refractivity contribution in [1.29, 1.82) is 0 Å². The number of hydrogen-bond donors (Lipinski definition) is 0. The minimum atomic E-state index is 0.647. The van der Waals surface area contributed by atoms with E-state index in [4.69, 9.17) is 9.97 Å². The van der Waals surface area contributed by atoms with Crippen molar-refractivity contribution in [2.75, 3.05) is 0 Å². The van der Waals surface area contributed by atoms with Crippen LogP contribution < -0.4 is 0 Å². The number of aromatic nitrogens is 4. The fraction of sp³-hybridized carbons (Fsp3) is 0. The molecular weight excluding hydrogens is 849 g/mol. The molecule has 322 valence electrons. The first-order valence-corrected chi connectivity index (χ1v) is 24.1. The third-order valence-electron chi connectivity index (χ3n) is 15.2. The molecule has 0 fully saturated rings. The average Bonchev–Trinajstić information content (AvgIpc) is 3.95. The normalized spacial score (nSPS) is 12.3. The maximum atomic E-state index is 5.59. The summed E-state index contributed by atoms with van der Waals surface area (Å²) in [5.41, 5.74) is 10.9. The molecule has 16 aromatic rings. The maximum absolute atomic E-state index is 5.59. The fourth-order valence-corrected chi connectivity index (χ4v) is 12.2. The predicted molar refractivity (Wildman–Crippen MR) is 295 cm³/mol. The van der Waals surface area contributed by atoms with Crippen LogP contribution in [0.4, 0.5) is 0 Å². The first-order valence-electron chi connectivity index (χ1n) is 24.1. The Kier molecular flexibility index (Phi) is 7.58. The van der Waals surface area contributed by atoms with Crippen LogP contribution in [0.15, 0.2) is 231 Å². The average molecular weight is 887 g/mol. The van der Waals surface area contributed by atoms with Gasteiger partial charge in [-0.15, -0.1) is 0 Å². The highest BCUT2D eigenvalue weighted by molar-refractivity contribution is 6.41. The van der Waals surface area contributed by atoms with E-state index >= 15 is 0 Å². The predicted octanol–water partition coefficient (Wildman–Crippen LogP) is 17.5. The molecule has 3 aromatic heterocycles. The van der Waals surface area contributed by atoms with Crippen molar-refractivity contribution in [3.8, 4) is 34.0 Å². The van der Waals surface area contributed by atoms with Crippen LogP contribution in [0.3, 0.4) is 0 Å². The molecule has 0 atom stereocenters. The fourth-order valence-electron chi connectivity index (χ4n) is 12.2. The second-order valence-electron chi connectivity index (χ2n) is 18.8. The Morgan fingerprint density at radius 1 is 0.271 bits per heavy atom. The van der Waals surface area contributed by atoms with Gasteiger partial charge in [0.2, 0.25) is 5.95 Å². The van der Waals surface area contributed by atoms with Crippen LogP contribution >= 0.6 is 0 Å². The van der Waals surface area contributed by atoms with E-state index in [9.17, 15) is 0 Å². The van der Waals surface area contributed by atoms with Crippen LogP contribution in [0.2, 0.25) is 0 Å². The minimum Gasteiger partial charge on any atom is -0.309 e. The first kappa shape index (κ1) is 37.7. The van der Waals surface area contributed by atoms with E-state index < -0.39 is 0 Å². The first-order chi connectivity index (χ1) is 34.7. The lowest BCUT2D eigenvalue weighted by atomic mass is 9.87. The zero-order valence-corrected chi connectivity index (χ0v) is 37.7. The third-order valence-corrected chi connectivity index (χ3v) is 15.2. The molecule has 0 saturated carbocycles. The van der Waals surface area contributed by atoms with Gasteiger partial charge in [-0.3, -0.25) is 4.57 Å². The maximum Gasteiger partial charge on any atom is 0.235 e. The van der Waals surface area contributed by atoms with Crippen molar-refractivity contribution >= 4 is 119 Å². The monoisotopic (exact) mass is 886 g/mol. The Labute approximate surface area is 400 Å². The van der Waals surface area contributed by atoms with Crippen LogP contribution in [0.5, 0.6) is 0 Å². The molecule has 0 N–H and O–H groups in total. The number of hydrogen-bond acceptors (Lipinski definition) is 2. The highest BCUT2D eigenvalue weighted by Gasteiger charge is 2.25. The molecule has 3 heterocycles. The van der Waals surface area contributed by atoms with E-state index in [2.05, 4.69) is 240 Å². The molecule has 0 bridgehead atoms. The van der Waals surface area contributed by atoms with Gasteiger partial charge >= 0.3 is 0 Å². The molecule has 0 aliphatic heterocycles. The van der Waals surface area contributed by atoms with Crippen LogP contribution in [-0.4, -0.2) is 19.1 Å². The highest BCUT2D eigenvalue weighted by atomic mass is 15.2. The molecule has 13 aromatic carbocycles. The van der Waals surface area contributed by atoms with Gasteiger partial charge in [-0.1, -0.05) is 188 Å². The van der Waals surface area contributed by atoms with Gasteiger partial charge in [0.15, 0.2) is 0 Å². The summed E-state index contributed by atoms with van der Waals surface area (Å²) in [6.45, 7) is 0. The summed E-state index contributed by atoms with van der Waals surface area (Å²) in [4.78, 5) is 11.0. The SMILES string of the molecule is c1ccc2cc(-n3c4ccccc4c4c5cccc6c7cccc8c7c(cc7c8c8ccccc8n7-c7nc(-c8ccc(-c9cccc%10ccccc9%10)cc8)c8ccccc8n7)c(cc43)c65)ccc2c1. The van der Waals surface area contributed by atoms with Gasteiger partial charge in [0.05, 0.1) is 33.3 Å². The van der Waals surface area contributed by atoms with Crippen molar-refractivity contribution < 1.29 is 0 Å². The summed E-state index contributed by atoms with van der Waals surface area (Å²) in [5.74, 6) is 0.647. The van der Waals surface area contributed by atoms with E-state index in [1.165, 1.54) is 108 Å². The second kappa shape index (κ2) is 14.1. The Bertz CT molecular complexity index is 4880. The summed E-state index contributed by atoms with van der Waals surface area (Å²) in [6, 6.07) is 84.4. The molecule has 0 radical (unpaired) electrons. The van der Waals surface area contributed by atoms with Crippen molar-refractivity contribution in [2.45, 2.75) is 0 Å². The number of para-hydroxylation sites is 3. The molecule has 4 nitrogen and oxygen atoms in total. The van der Waals surface area contributed by atoms with Crippen molar-refractivity contribution in [1.82, 2.24) is 19.1 Å². The Balaban J connectivity index is 0.996.